The van der Waals surface area contributed by atoms with Gasteiger partial charge in [0.1, 0.15) is 5.82 Å². The molecule has 1 aromatic heterocycles. The van der Waals surface area contributed by atoms with E-state index < -0.39 is 0 Å². The lowest BCUT2D eigenvalue weighted by molar-refractivity contribution is 0.579. The highest BCUT2D eigenvalue weighted by Crippen LogP contribution is 2.29. The molecule has 0 fully saturated rings. The fourth-order valence-corrected chi connectivity index (χ4v) is 2.96. The first-order chi connectivity index (χ1) is 9.04. The molecule has 0 radical (unpaired) electrons. The van der Waals surface area contributed by atoms with Gasteiger partial charge in [0.15, 0.2) is 0 Å². The molecule has 0 N–H and O–H groups in total. The Hall–Kier alpha value is -0.870. The van der Waals surface area contributed by atoms with E-state index in [9.17, 15) is 4.39 Å². The second-order valence-electron chi connectivity index (χ2n) is 4.55. The van der Waals surface area contributed by atoms with E-state index in [4.69, 9.17) is 11.6 Å². The molecule has 5 heteroatoms. The molecule has 102 valence electrons. The molecule has 2 rings (SSSR count). The first kappa shape index (κ1) is 14.5. The molecular formula is C14H15BrClFN2. The van der Waals surface area contributed by atoms with Crippen LogP contribution in [0.3, 0.4) is 0 Å². The summed E-state index contributed by atoms with van der Waals surface area (Å²) in [5.74, 6) is 0.106. The molecule has 1 aromatic carbocycles. The number of hydrogen-bond acceptors (Lipinski definition) is 1. The van der Waals surface area contributed by atoms with E-state index >= 15 is 0 Å². The quantitative estimate of drug-likeness (QED) is 0.760. The van der Waals surface area contributed by atoms with Crippen LogP contribution in [0.2, 0.25) is 0 Å². The van der Waals surface area contributed by atoms with Crippen LogP contribution in [0.1, 0.15) is 22.9 Å². The first-order valence-corrected chi connectivity index (χ1v) is 7.35. The molecule has 1 unspecified atom stereocenters. The van der Waals surface area contributed by atoms with Crippen molar-refractivity contribution < 1.29 is 4.39 Å². The average Bonchev–Trinajstić information content (AvgIpc) is 2.63. The van der Waals surface area contributed by atoms with Crippen molar-refractivity contribution in [1.82, 2.24) is 9.78 Å². The van der Waals surface area contributed by atoms with Crippen LogP contribution >= 0.6 is 27.5 Å². The SMILES string of the molecule is Cc1nn(C)c(CC(CCl)c2ccccc2F)c1Br. The Morgan fingerprint density at radius 1 is 1.42 bits per heavy atom. The molecule has 1 atom stereocenters. The number of nitrogens with zero attached hydrogens (tertiary/aromatic N) is 2. The monoisotopic (exact) mass is 344 g/mol. The summed E-state index contributed by atoms with van der Waals surface area (Å²) in [6, 6.07) is 6.79. The van der Waals surface area contributed by atoms with Gasteiger partial charge in [0.05, 0.1) is 15.9 Å². The zero-order valence-corrected chi connectivity index (χ0v) is 13.2. The van der Waals surface area contributed by atoms with E-state index in [0.717, 1.165) is 15.9 Å². The van der Waals surface area contributed by atoms with E-state index in [-0.39, 0.29) is 11.7 Å². The van der Waals surface area contributed by atoms with Gasteiger partial charge in [-0.25, -0.2) is 4.39 Å². The Bertz CT molecular complexity index is 583. The number of benzene rings is 1. The Labute approximate surface area is 125 Å². The summed E-state index contributed by atoms with van der Waals surface area (Å²) in [5.41, 5.74) is 2.62. The third-order valence-corrected chi connectivity index (χ3v) is 4.64. The van der Waals surface area contributed by atoms with Crippen molar-refractivity contribution in [3.63, 3.8) is 0 Å². The number of aromatic nitrogens is 2. The van der Waals surface area contributed by atoms with E-state index in [1.165, 1.54) is 6.07 Å². The molecule has 2 nitrogen and oxygen atoms in total. The van der Waals surface area contributed by atoms with Gasteiger partial charge in [0.2, 0.25) is 0 Å². The average molecular weight is 346 g/mol. The molecule has 0 saturated heterocycles. The summed E-state index contributed by atoms with van der Waals surface area (Å²) in [5, 5.41) is 4.35. The van der Waals surface area contributed by atoms with Gasteiger partial charge in [0.25, 0.3) is 0 Å². The first-order valence-electron chi connectivity index (χ1n) is 6.03. The van der Waals surface area contributed by atoms with Gasteiger partial charge in [-0.15, -0.1) is 11.6 Å². The zero-order valence-electron chi connectivity index (χ0n) is 10.8. The van der Waals surface area contributed by atoms with Gasteiger partial charge >= 0.3 is 0 Å². The van der Waals surface area contributed by atoms with Gasteiger partial charge in [-0.1, -0.05) is 18.2 Å². The molecule has 0 spiro atoms. The molecule has 0 bridgehead atoms. The molecule has 2 aromatic rings. The molecule has 1 heterocycles. The maximum Gasteiger partial charge on any atom is 0.126 e. The van der Waals surface area contributed by atoms with Crippen LogP contribution in [0, 0.1) is 12.7 Å². The van der Waals surface area contributed by atoms with E-state index in [1.807, 2.05) is 24.7 Å². The van der Waals surface area contributed by atoms with Crippen LogP contribution in [-0.4, -0.2) is 15.7 Å². The maximum absolute atomic E-state index is 13.8. The van der Waals surface area contributed by atoms with E-state index in [0.29, 0.717) is 17.9 Å². The minimum absolute atomic E-state index is 0.0611. The highest BCUT2D eigenvalue weighted by molar-refractivity contribution is 9.10. The Morgan fingerprint density at radius 3 is 2.63 bits per heavy atom. The van der Waals surface area contributed by atoms with Crippen molar-refractivity contribution in [3.05, 3.63) is 51.5 Å². The summed E-state index contributed by atoms with van der Waals surface area (Å²) in [6.45, 7) is 1.94. The maximum atomic E-state index is 13.8. The topological polar surface area (TPSA) is 17.8 Å². The number of alkyl halides is 1. The van der Waals surface area contributed by atoms with Gasteiger partial charge in [0, 0.05) is 18.8 Å². The number of aryl methyl sites for hydroxylation is 2. The normalized spacial score (nSPS) is 12.7. The minimum Gasteiger partial charge on any atom is -0.271 e. The smallest absolute Gasteiger partial charge is 0.126 e. The lowest BCUT2D eigenvalue weighted by Gasteiger charge is -2.15. The number of halogens is 3. The lowest BCUT2D eigenvalue weighted by atomic mass is 9.95. The van der Waals surface area contributed by atoms with Crippen LogP contribution in [0.15, 0.2) is 28.7 Å². The summed E-state index contributed by atoms with van der Waals surface area (Å²) in [7, 11) is 1.89. The minimum atomic E-state index is -0.205. The summed E-state index contributed by atoms with van der Waals surface area (Å²) in [6.07, 6.45) is 0.655. The summed E-state index contributed by atoms with van der Waals surface area (Å²) >= 11 is 9.55. The molecule has 19 heavy (non-hydrogen) atoms. The predicted molar refractivity (Wildman–Crippen MR) is 79.2 cm³/mol. The van der Waals surface area contributed by atoms with Crippen LogP contribution in [0.5, 0.6) is 0 Å². The third-order valence-electron chi connectivity index (χ3n) is 3.23. The predicted octanol–water partition coefficient (Wildman–Crippen LogP) is 4.20. The highest BCUT2D eigenvalue weighted by Gasteiger charge is 2.19. The molecule has 0 saturated carbocycles. The molecule has 0 aliphatic heterocycles. The molecule has 0 amide bonds. The van der Waals surface area contributed by atoms with Crippen molar-refractivity contribution >= 4 is 27.5 Å². The largest absolute Gasteiger partial charge is 0.271 e. The standard InChI is InChI=1S/C14H15BrClFN2/c1-9-14(15)13(19(2)18-9)7-10(8-16)11-5-3-4-6-12(11)17/h3-6,10H,7-8H2,1-2H3. The molecule has 0 aliphatic carbocycles. The van der Waals surface area contributed by atoms with Crippen LogP contribution in [0.4, 0.5) is 4.39 Å². The Balaban J connectivity index is 2.32. The summed E-state index contributed by atoms with van der Waals surface area (Å²) < 4.78 is 16.6. The zero-order chi connectivity index (χ0) is 14.0. The highest BCUT2D eigenvalue weighted by atomic mass is 79.9. The van der Waals surface area contributed by atoms with E-state index in [1.54, 1.807) is 12.1 Å². The molecular weight excluding hydrogens is 331 g/mol. The number of rotatable bonds is 4. The van der Waals surface area contributed by atoms with Gasteiger partial charge in [-0.05, 0) is 40.9 Å². The second kappa shape index (κ2) is 6.06. The van der Waals surface area contributed by atoms with Gasteiger partial charge in [-0.2, -0.15) is 5.10 Å². The van der Waals surface area contributed by atoms with Crippen molar-refractivity contribution in [2.75, 3.05) is 5.88 Å². The van der Waals surface area contributed by atoms with Crippen LogP contribution in [-0.2, 0) is 13.5 Å². The van der Waals surface area contributed by atoms with E-state index in [2.05, 4.69) is 21.0 Å². The van der Waals surface area contributed by atoms with Gasteiger partial charge in [-0.3, -0.25) is 4.68 Å². The fourth-order valence-electron chi connectivity index (χ4n) is 2.19. The molecule has 0 aliphatic rings. The van der Waals surface area contributed by atoms with Crippen molar-refractivity contribution in [3.8, 4) is 0 Å². The van der Waals surface area contributed by atoms with Crippen molar-refractivity contribution in [2.24, 2.45) is 7.05 Å². The summed E-state index contributed by atoms with van der Waals surface area (Å²) in [4.78, 5) is 0. The lowest BCUT2D eigenvalue weighted by Crippen LogP contribution is -2.10. The Kier molecular flexibility index (Phi) is 4.63. The van der Waals surface area contributed by atoms with Crippen LogP contribution in [0.25, 0.3) is 0 Å². The Morgan fingerprint density at radius 2 is 2.11 bits per heavy atom. The van der Waals surface area contributed by atoms with Crippen molar-refractivity contribution in [2.45, 2.75) is 19.3 Å². The van der Waals surface area contributed by atoms with Crippen molar-refractivity contribution in [1.29, 1.82) is 0 Å². The van der Waals surface area contributed by atoms with Gasteiger partial charge < -0.3 is 0 Å². The van der Waals surface area contributed by atoms with Crippen LogP contribution < -0.4 is 0 Å². The third kappa shape index (κ3) is 3.00. The number of hydrogen-bond donors (Lipinski definition) is 0. The second-order valence-corrected chi connectivity index (χ2v) is 5.65. The fraction of sp³-hybridized carbons (Fsp3) is 0.357.